The van der Waals surface area contributed by atoms with Gasteiger partial charge in [-0.15, -0.1) is 0 Å². The Balaban J connectivity index is 2.82. The Kier molecular flexibility index (Phi) is 5.30. The minimum absolute atomic E-state index is 0.172. The molecule has 0 saturated heterocycles. The summed E-state index contributed by atoms with van der Waals surface area (Å²) >= 11 is 12.0. The first-order chi connectivity index (χ1) is 7.91. The van der Waals surface area contributed by atoms with Gasteiger partial charge in [0.15, 0.2) is 0 Å². The second-order valence-corrected chi connectivity index (χ2v) is 5.62. The molecule has 1 aromatic rings. The Hall–Kier alpha value is -0.240. The highest BCUT2D eigenvalue weighted by molar-refractivity contribution is 6.42. The van der Waals surface area contributed by atoms with Crippen LogP contribution in [0.2, 0.25) is 10.0 Å². The minimum Gasteiger partial charge on any atom is -0.305 e. The molecule has 1 unspecified atom stereocenters. The van der Waals surface area contributed by atoms with E-state index < -0.39 is 0 Å². The Morgan fingerprint density at radius 3 is 2.24 bits per heavy atom. The van der Waals surface area contributed by atoms with E-state index in [-0.39, 0.29) is 11.6 Å². The van der Waals surface area contributed by atoms with Crippen molar-refractivity contribution in [2.24, 2.45) is 0 Å². The van der Waals surface area contributed by atoms with Crippen molar-refractivity contribution >= 4 is 23.2 Å². The van der Waals surface area contributed by atoms with E-state index in [1.54, 1.807) is 0 Å². The van der Waals surface area contributed by atoms with Gasteiger partial charge in [-0.25, -0.2) is 0 Å². The summed E-state index contributed by atoms with van der Waals surface area (Å²) in [7, 11) is 0. The molecule has 0 aliphatic rings. The maximum absolute atomic E-state index is 6.04. The molecule has 1 atom stereocenters. The van der Waals surface area contributed by atoms with Gasteiger partial charge in [0.05, 0.1) is 10.0 Å². The van der Waals surface area contributed by atoms with Crippen molar-refractivity contribution in [3.63, 3.8) is 0 Å². The number of benzene rings is 1. The molecule has 0 aliphatic carbocycles. The highest BCUT2D eigenvalue weighted by Gasteiger charge is 2.22. The van der Waals surface area contributed by atoms with Crippen LogP contribution in [-0.2, 0) is 0 Å². The average Bonchev–Trinajstić information content (AvgIpc) is 2.32. The first-order valence-electron chi connectivity index (χ1n) is 6.14. The van der Waals surface area contributed by atoms with Gasteiger partial charge in [-0.05, 0) is 44.4 Å². The molecule has 0 saturated carbocycles. The molecular weight excluding hydrogens is 253 g/mol. The molecule has 1 aromatic carbocycles. The van der Waals surface area contributed by atoms with Crippen LogP contribution in [0.15, 0.2) is 18.2 Å². The van der Waals surface area contributed by atoms with E-state index in [1.807, 2.05) is 18.2 Å². The van der Waals surface area contributed by atoms with Crippen LogP contribution < -0.4 is 5.32 Å². The summed E-state index contributed by atoms with van der Waals surface area (Å²) in [6, 6.07) is 6.09. The smallest absolute Gasteiger partial charge is 0.0595 e. The zero-order valence-corrected chi connectivity index (χ0v) is 12.5. The molecule has 0 bridgehead atoms. The van der Waals surface area contributed by atoms with E-state index >= 15 is 0 Å². The number of rotatable bonds is 5. The fraction of sp³-hybridized carbons (Fsp3) is 0.571. The van der Waals surface area contributed by atoms with Crippen molar-refractivity contribution in [1.82, 2.24) is 5.32 Å². The van der Waals surface area contributed by atoms with Crippen LogP contribution in [0.1, 0.15) is 52.1 Å². The van der Waals surface area contributed by atoms with Crippen LogP contribution >= 0.6 is 23.2 Å². The molecule has 0 radical (unpaired) electrons. The second kappa shape index (κ2) is 6.08. The van der Waals surface area contributed by atoms with Crippen LogP contribution in [0.3, 0.4) is 0 Å². The first kappa shape index (κ1) is 14.8. The molecule has 1 N–H and O–H groups in total. The fourth-order valence-electron chi connectivity index (χ4n) is 1.84. The quantitative estimate of drug-likeness (QED) is 0.775. The maximum atomic E-state index is 6.04. The van der Waals surface area contributed by atoms with Crippen LogP contribution in [-0.4, -0.2) is 5.54 Å². The highest BCUT2D eigenvalue weighted by atomic mass is 35.5. The Morgan fingerprint density at radius 2 is 1.76 bits per heavy atom. The molecular formula is C14H21Cl2N. The minimum atomic E-state index is 0.172. The molecule has 0 amide bonds. The van der Waals surface area contributed by atoms with Gasteiger partial charge < -0.3 is 5.32 Å². The third-order valence-electron chi connectivity index (χ3n) is 3.57. The number of hydrogen-bond acceptors (Lipinski definition) is 1. The third kappa shape index (κ3) is 3.87. The first-order valence-corrected chi connectivity index (χ1v) is 6.90. The molecule has 17 heavy (non-hydrogen) atoms. The Labute approximate surface area is 115 Å². The summed E-state index contributed by atoms with van der Waals surface area (Å²) in [5.74, 6) is 0. The average molecular weight is 274 g/mol. The molecule has 3 heteroatoms. The zero-order valence-electron chi connectivity index (χ0n) is 11.0. The van der Waals surface area contributed by atoms with E-state index in [2.05, 4.69) is 33.0 Å². The molecule has 0 heterocycles. The van der Waals surface area contributed by atoms with Gasteiger partial charge in [0.25, 0.3) is 0 Å². The van der Waals surface area contributed by atoms with Crippen molar-refractivity contribution in [2.45, 2.75) is 52.1 Å². The van der Waals surface area contributed by atoms with Crippen molar-refractivity contribution in [3.8, 4) is 0 Å². The zero-order chi connectivity index (χ0) is 13.1. The molecule has 0 aliphatic heterocycles. The lowest BCUT2D eigenvalue weighted by Crippen LogP contribution is -2.42. The van der Waals surface area contributed by atoms with Crippen LogP contribution in [0.25, 0.3) is 0 Å². The summed E-state index contributed by atoms with van der Waals surface area (Å²) in [4.78, 5) is 0. The van der Waals surface area contributed by atoms with Crippen molar-refractivity contribution < 1.29 is 0 Å². The normalized spacial score (nSPS) is 13.8. The second-order valence-electron chi connectivity index (χ2n) is 4.81. The summed E-state index contributed by atoms with van der Waals surface area (Å²) in [5.41, 5.74) is 1.35. The van der Waals surface area contributed by atoms with E-state index in [1.165, 1.54) is 5.56 Å². The van der Waals surface area contributed by atoms with Crippen molar-refractivity contribution in [1.29, 1.82) is 0 Å². The van der Waals surface area contributed by atoms with Gasteiger partial charge >= 0.3 is 0 Å². The SMILES string of the molecule is CCC(C)(CC)NC(C)c1ccc(Cl)c(Cl)c1. The predicted octanol–water partition coefficient (Wildman–Crippen LogP) is 5.22. The molecule has 96 valence electrons. The molecule has 0 aromatic heterocycles. The van der Waals surface area contributed by atoms with Gasteiger partial charge in [-0.3, -0.25) is 0 Å². The summed E-state index contributed by atoms with van der Waals surface area (Å²) in [5, 5.41) is 4.88. The van der Waals surface area contributed by atoms with Gasteiger partial charge in [0.2, 0.25) is 0 Å². The Morgan fingerprint density at radius 1 is 1.18 bits per heavy atom. The highest BCUT2D eigenvalue weighted by Crippen LogP contribution is 2.27. The van der Waals surface area contributed by atoms with E-state index in [9.17, 15) is 0 Å². The third-order valence-corrected chi connectivity index (χ3v) is 4.31. The van der Waals surface area contributed by atoms with Gasteiger partial charge in [0, 0.05) is 11.6 Å². The van der Waals surface area contributed by atoms with Gasteiger partial charge in [-0.2, -0.15) is 0 Å². The number of halogens is 2. The van der Waals surface area contributed by atoms with Crippen LogP contribution in [0.4, 0.5) is 0 Å². The van der Waals surface area contributed by atoms with E-state index in [0.717, 1.165) is 12.8 Å². The van der Waals surface area contributed by atoms with E-state index in [0.29, 0.717) is 10.0 Å². The lowest BCUT2D eigenvalue weighted by atomic mass is 9.93. The van der Waals surface area contributed by atoms with Crippen molar-refractivity contribution in [2.75, 3.05) is 0 Å². The lowest BCUT2D eigenvalue weighted by molar-refractivity contribution is 0.299. The monoisotopic (exact) mass is 273 g/mol. The topological polar surface area (TPSA) is 12.0 Å². The summed E-state index contributed by atoms with van der Waals surface area (Å²) in [6.07, 6.45) is 2.21. The number of nitrogens with one attached hydrogen (secondary N) is 1. The van der Waals surface area contributed by atoms with Crippen LogP contribution in [0.5, 0.6) is 0 Å². The van der Waals surface area contributed by atoms with Gasteiger partial charge in [0.1, 0.15) is 0 Å². The van der Waals surface area contributed by atoms with Crippen molar-refractivity contribution in [3.05, 3.63) is 33.8 Å². The number of hydrogen-bond donors (Lipinski definition) is 1. The molecule has 1 nitrogen and oxygen atoms in total. The Bertz CT molecular complexity index is 372. The predicted molar refractivity (Wildman–Crippen MR) is 77.0 cm³/mol. The summed E-state index contributed by atoms with van der Waals surface area (Å²) < 4.78 is 0. The summed E-state index contributed by atoms with van der Waals surface area (Å²) in [6.45, 7) is 8.82. The van der Waals surface area contributed by atoms with Crippen LogP contribution in [0, 0.1) is 0 Å². The fourth-order valence-corrected chi connectivity index (χ4v) is 2.15. The maximum Gasteiger partial charge on any atom is 0.0595 e. The molecule has 0 fully saturated rings. The lowest BCUT2D eigenvalue weighted by Gasteiger charge is -2.32. The van der Waals surface area contributed by atoms with Gasteiger partial charge in [-0.1, -0.05) is 43.1 Å². The molecule has 0 spiro atoms. The standard InChI is InChI=1S/C14H21Cl2N/c1-5-14(4,6-2)17-10(3)11-7-8-12(15)13(16)9-11/h7-10,17H,5-6H2,1-4H3. The van der Waals surface area contributed by atoms with E-state index in [4.69, 9.17) is 23.2 Å². The largest absolute Gasteiger partial charge is 0.305 e. The molecule has 1 rings (SSSR count).